The maximum Gasteiger partial charge on any atom is 0.241 e. The summed E-state index contributed by atoms with van der Waals surface area (Å²) in [7, 11) is 0. The van der Waals surface area contributed by atoms with Crippen LogP contribution in [0.4, 0.5) is 0 Å². The molecule has 2 aliphatic rings. The lowest BCUT2D eigenvalue weighted by Gasteiger charge is -2.24. The van der Waals surface area contributed by atoms with E-state index in [2.05, 4.69) is 11.4 Å². The molecule has 2 rings (SSSR count). The van der Waals surface area contributed by atoms with E-state index in [1.54, 1.807) is 16.7 Å². The Morgan fingerprint density at radius 1 is 1.82 bits per heavy atom. The third-order valence-corrected chi connectivity index (χ3v) is 4.68. The highest BCUT2D eigenvalue weighted by Crippen LogP contribution is 2.38. The summed E-state index contributed by atoms with van der Waals surface area (Å²) in [5, 5.41) is 21.0. The molecule has 6 nitrogen and oxygen atoms in total. The second kappa shape index (κ2) is 4.82. The molecule has 2 saturated heterocycles. The molecule has 1 unspecified atom stereocenters. The van der Waals surface area contributed by atoms with Crippen molar-refractivity contribution in [1.29, 1.82) is 5.26 Å². The van der Waals surface area contributed by atoms with E-state index in [1.165, 1.54) is 0 Å². The molecule has 4 N–H and O–H groups in total. The number of nitrogens with zero attached hydrogens (tertiary/aromatic N) is 2. The van der Waals surface area contributed by atoms with Crippen LogP contribution in [0.3, 0.4) is 0 Å². The number of nitriles is 1. The SMILES string of the molecule is N#C[C@@H]1CSC2(CCN(C(=O)[C@@H](N)CO)C2)N1. The molecule has 94 valence electrons. The minimum atomic E-state index is -0.830. The average Bonchev–Trinajstić information content (AvgIpc) is 2.95. The van der Waals surface area contributed by atoms with Crippen LogP contribution in [-0.4, -0.2) is 58.3 Å². The van der Waals surface area contributed by atoms with Crippen molar-refractivity contribution in [3.05, 3.63) is 0 Å². The van der Waals surface area contributed by atoms with Gasteiger partial charge in [-0.2, -0.15) is 5.26 Å². The van der Waals surface area contributed by atoms with Gasteiger partial charge in [0.1, 0.15) is 12.1 Å². The topological polar surface area (TPSA) is 102 Å². The van der Waals surface area contributed by atoms with Gasteiger partial charge in [0.2, 0.25) is 5.91 Å². The zero-order chi connectivity index (χ0) is 12.5. The predicted molar refractivity (Wildman–Crippen MR) is 64.0 cm³/mol. The first kappa shape index (κ1) is 12.6. The Balaban J connectivity index is 1.96. The molecule has 0 aromatic heterocycles. The second-order valence-electron chi connectivity index (χ2n) is 4.43. The van der Waals surface area contributed by atoms with Crippen LogP contribution in [0.25, 0.3) is 0 Å². The molecule has 0 radical (unpaired) electrons. The third kappa shape index (κ3) is 2.40. The van der Waals surface area contributed by atoms with E-state index in [0.29, 0.717) is 13.1 Å². The number of hydrogen-bond donors (Lipinski definition) is 3. The van der Waals surface area contributed by atoms with E-state index in [9.17, 15) is 4.79 Å². The zero-order valence-electron chi connectivity index (χ0n) is 9.43. The lowest BCUT2D eigenvalue weighted by atomic mass is 10.2. The molecule has 2 fully saturated rings. The largest absolute Gasteiger partial charge is 0.394 e. The van der Waals surface area contributed by atoms with Crippen LogP contribution in [0.2, 0.25) is 0 Å². The fourth-order valence-electron chi connectivity index (χ4n) is 2.23. The Labute approximate surface area is 104 Å². The highest BCUT2D eigenvalue weighted by atomic mass is 32.2. The molecular weight excluding hydrogens is 240 g/mol. The summed E-state index contributed by atoms with van der Waals surface area (Å²) in [4.78, 5) is 13.3. The Bertz CT molecular complexity index is 359. The van der Waals surface area contributed by atoms with Crippen molar-refractivity contribution in [1.82, 2.24) is 10.2 Å². The summed E-state index contributed by atoms with van der Waals surface area (Å²) in [5.74, 6) is 0.539. The van der Waals surface area contributed by atoms with E-state index in [-0.39, 0.29) is 23.4 Å². The summed E-state index contributed by atoms with van der Waals surface area (Å²) < 4.78 is 0. The molecule has 0 saturated carbocycles. The lowest BCUT2D eigenvalue weighted by Crippen LogP contribution is -2.48. The number of nitrogens with two attached hydrogens (primary N) is 1. The summed E-state index contributed by atoms with van der Waals surface area (Å²) in [6, 6.07) is 1.23. The zero-order valence-corrected chi connectivity index (χ0v) is 10.2. The van der Waals surface area contributed by atoms with Crippen LogP contribution < -0.4 is 11.1 Å². The van der Waals surface area contributed by atoms with Crippen LogP contribution in [0, 0.1) is 11.3 Å². The molecule has 2 aliphatic heterocycles. The molecule has 7 heteroatoms. The van der Waals surface area contributed by atoms with E-state index >= 15 is 0 Å². The number of aliphatic hydroxyl groups excluding tert-OH is 1. The molecule has 3 atom stereocenters. The summed E-state index contributed by atoms with van der Waals surface area (Å²) in [6.45, 7) is 0.858. The predicted octanol–water partition coefficient (Wildman–Crippen LogP) is -1.54. The van der Waals surface area contributed by atoms with Gasteiger partial charge >= 0.3 is 0 Å². The number of rotatable bonds is 2. The minimum absolute atomic E-state index is 0.137. The van der Waals surface area contributed by atoms with Crippen LogP contribution in [-0.2, 0) is 4.79 Å². The molecule has 0 aromatic rings. The van der Waals surface area contributed by atoms with Gasteiger partial charge < -0.3 is 15.7 Å². The summed E-state index contributed by atoms with van der Waals surface area (Å²) in [6.07, 6.45) is 0.819. The number of thioether (sulfide) groups is 1. The minimum Gasteiger partial charge on any atom is -0.394 e. The molecule has 1 amide bonds. The van der Waals surface area contributed by atoms with Crippen molar-refractivity contribution in [2.24, 2.45) is 5.73 Å². The van der Waals surface area contributed by atoms with Gasteiger partial charge in [-0.05, 0) is 6.42 Å². The van der Waals surface area contributed by atoms with Crippen LogP contribution >= 0.6 is 11.8 Å². The monoisotopic (exact) mass is 256 g/mol. The molecule has 0 aliphatic carbocycles. The van der Waals surface area contributed by atoms with Gasteiger partial charge in [0.25, 0.3) is 0 Å². The van der Waals surface area contributed by atoms with Crippen molar-refractivity contribution in [3.8, 4) is 6.07 Å². The van der Waals surface area contributed by atoms with Crippen LogP contribution in [0.5, 0.6) is 0 Å². The number of nitrogens with one attached hydrogen (secondary N) is 1. The molecule has 17 heavy (non-hydrogen) atoms. The smallest absolute Gasteiger partial charge is 0.241 e. The van der Waals surface area contributed by atoms with E-state index in [1.807, 2.05) is 0 Å². The van der Waals surface area contributed by atoms with Crippen molar-refractivity contribution < 1.29 is 9.90 Å². The van der Waals surface area contributed by atoms with Gasteiger partial charge in [0.15, 0.2) is 0 Å². The van der Waals surface area contributed by atoms with Crippen molar-refractivity contribution in [2.75, 3.05) is 25.4 Å². The Hall–Kier alpha value is -0.810. The first-order chi connectivity index (χ1) is 8.10. The number of hydrogen-bond acceptors (Lipinski definition) is 6. The summed E-state index contributed by atoms with van der Waals surface area (Å²) >= 11 is 1.69. The highest BCUT2D eigenvalue weighted by molar-refractivity contribution is 8.01. The average molecular weight is 256 g/mol. The molecule has 2 heterocycles. The number of likely N-dealkylation sites (tertiary alicyclic amines) is 1. The van der Waals surface area contributed by atoms with Gasteiger partial charge in [0, 0.05) is 18.8 Å². The number of aliphatic hydroxyl groups is 1. The van der Waals surface area contributed by atoms with Gasteiger partial charge in [-0.15, -0.1) is 11.8 Å². The van der Waals surface area contributed by atoms with Gasteiger partial charge in [-0.1, -0.05) is 0 Å². The van der Waals surface area contributed by atoms with Crippen molar-refractivity contribution in [2.45, 2.75) is 23.4 Å². The van der Waals surface area contributed by atoms with E-state index < -0.39 is 6.04 Å². The summed E-state index contributed by atoms with van der Waals surface area (Å²) in [5.41, 5.74) is 5.52. The lowest BCUT2D eigenvalue weighted by molar-refractivity contribution is -0.132. The quantitative estimate of drug-likeness (QED) is 0.553. The first-order valence-electron chi connectivity index (χ1n) is 5.57. The van der Waals surface area contributed by atoms with Gasteiger partial charge in [-0.25, -0.2) is 0 Å². The maximum atomic E-state index is 11.8. The standard InChI is InChI=1S/C10H16N4O2S/c11-3-7-5-17-10(13-7)1-2-14(6-10)9(16)8(12)4-15/h7-8,13,15H,1-2,4-6,12H2/t7-,8+,10?/m1/s1. The fourth-order valence-corrected chi connectivity index (χ4v) is 3.58. The van der Waals surface area contributed by atoms with E-state index in [0.717, 1.165) is 12.2 Å². The number of amides is 1. The molecular formula is C10H16N4O2S. The first-order valence-corrected chi connectivity index (χ1v) is 6.55. The maximum absolute atomic E-state index is 11.8. The Morgan fingerprint density at radius 2 is 2.59 bits per heavy atom. The van der Waals surface area contributed by atoms with Gasteiger partial charge in [-0.3, -0.25) is 10.1 Å². The number of carbonyl (C=O) groups is 1. The number of carbonyl (C=O) groups excluding carboxylic acids is 1. The molecule has 0 bridgehead atoms. The fraction of sp³-hybridized carbons (Fsp3) is 0.800. The van der Waals surface area contributed by atoms with Gasteiger partial charge in [0.05, 0.1) is 17.5 Å². The van der Waals surface area contributed by atoms with Crippen molar-refractivity contribution in [3.63, 3.8) is 0 Å². The third-order valence-electron chi connectivity index (χ3n) is 3.18. The van der Waals surface area contributed by atoms with Crippen LogP contribution in [0.15, 0.2) is 0 Å². The van der Waals surface area contributed by atoms with Crippen LogP contribution in [0.1, 0.15) is 6.42 Å². The normalized spacial score (nSPS) is 33.9. The van der Waals surface area contributed by atoms with E-state index in [4.69, 9.17) is 16.1 Å². The Morgan fingerprint density at radius 3 is 3.18 bits per heavy atom. The Kier molecular flexibility index (Phi) is 3.58. The van der Waals surface area contributed by atoms with Crippen molar-refractivity contribution >= 4 is 17.7 Å². The second-order valence-corrected chi connectivity index (χ2v) is 5.83. The highest BCUT2D eigenvalue weighted by Gasteiger charge is 2.46. The molecule has 1 spiro atoms. The molecule has 0 aromatic carbocycles.